The average molecular weight is 407 g/mol. The predicted octanol–water partition coefficient (Wildman–Crippen LogP) is 0.950. The van der Waals surface area contributed by atoms with Crippen LogP contribution in [0.4, 0.5) is 0 Å². The molecule has 0 bridgehead atoms. The number of piperazine rings is 1. The number of quaternary nitrogens is 2. The van der Waals surface area contributed by atoms with Crippen LogP contribution in [0.5, 0.6) is 11.5 Å². The summed E-state index contributed by atoms with van der Waals surface area (Å²) in [7, 11) is 3.45. The Labute approximate surface area is 158 Å². The first-order chi connectivity index (χ1) is 12.2. The molecular formula is C20H27BrN2O2+2. The molecule has 3 rings (SSSR count). The van der Waals surface area contributed by atoms with Crippen LogP contribution in [0, 0.1) is 0 Å². The number of rotatable bonds is 6. The Morgan fingerprint density at radius 1 is 0.840 bits per heavy atom. The van der Waals surface area contributed by atoms with Crippen LogP contribution >= 0.6 is 15.9 Å². The molecule has 0 aromatic heterocycles. The van der Waals surface area contributed by atoms with Gasteiger partial charge in [0.05, 0.1) is 19.8 Å². The fourth-order valence-electron chi connectivity index (χ4n) is 3.49. The van der Waals surface area contributed by atoms with Gasteiger partial charge >= 0.3 is 0 Å². The van der Waals surface area contributed by atoms with Crippen molar-refractivity contribution in [1.82, 2.24) is 0 Å². The van der Waals surface area contributed by atoms with Crippen LogP contribution in [0.1, 0.15) is 11.1 Å². The van der Waals surface area contributed by atoms with Gasteiger partial charge in [0.2, 0.25) is 0 Å². The summed E-state index contributed by atoms with van der Waals surface area (Å²) in [6, 6.07) is 14.8. The van der Waals surface area contributed by atoms with E-state index in [2.05, 4.69) is 46.3 Å². The molecule has 4 nitrogen and oxygen atoms in total. The Kier molecular flexibility index (Phi) is 6.34. The minimum atomic E-state index is 0.898. The molecule has 0 saturated carbocycles. The van der Waals surface area contributed by atoms with E-state index in [4.69, 9.17) is 9.47 Å². The molecule has 1 fully saturated rings. The van der Waals surface area contributed by atoms with E-state index in [0.717, 1.165) is 29.1 Å². The number of ether oxygens (including phenoxy) is 2. The van der Waals surface area contributed by atoms with Gasteiger partial charge in [-0.3, -0.25) is 0 Å². The van der Waals surface area contributed by atoms with Crippen molar-refractivity contribution in [3.05, 3.63) is 58.1 Å². The van der Waals surface area contributed by atoms with E-state index in [1.54, 1.807) is 24.0 Å². The molecule has 0 radical (unpaired) electrons. The molecule has 25 heavy (non-hydrogen) atoms. The monoisotopic (exact) mass is 406 g/mol. The van der Waals surface area contributed by atoms with Crippen LogP contribution in [0.2, 0.25) is 0 Å². The average Bonchev–Trinajstić information content (AvgIpc) is 2.65. The topological polar surface area (TPSA) is 27.3 Å². The minimum absolute atomic E-state index is 0.898. The summed E-state index contributed by atoms with van der Waals surface area (Å²) in [6.07, 6.45) is 0. The van der Waals surface area contributed by atoms with Crippen LogP contribution < -0.4 is 19.3 Å². The zero-order chi connectivity index (χ0) is 17.6. The number of hydrogen-bond donors (Lipinski definition) is 2. The molecule has 0 amide bonds. The van der Waals surface area contributed by atoms with Crippen molar-refractivity contribution in [2.45, 2.75) is 13.1 Å². The Bertz CT molecular complexity index is 683. The second-order valence-corrected chi connectivity index (χ2v) is 7.57. The lowest BCUT2D eigenvalue weighted by atomic mass is 10.1. The van der Waals surface area contributed by atoms with E-state index >= 15 is 0 Å². The van der Waals surface area contributed by atoms with Gasteiger partial charge in [-0.2, -0.15) is 0 Å². The van der Waals surface area contributed by atoms with Gasteiger partial charge in [-0.15, -0.1) is 0 Å². The summed E-state index contributed by atoms with van der Waals surface area (Å²) in [4.78, 5) is 3.29. The third-order valence-corrected chi connectivity index (χ3v) is 5.49. The normalized spacial score (nSPS) is 20.3. The molecule has 1 saturated heterocycles. The molecule has 2 aromatic carbocycles. The fourth-order valence-corrected chi connectivity index (χ4v) is 3.76. The molecular weight excluding hydrogens is 380 g/mol. The van der Waals surface area contributed by atoms with Crippen molar-refractivity contribution in [2.24, 2.45) is 0 Å². The van der Waals surface area contributed by atoms with E-state index in [1.165, 1.54) is 37.3 Å². The van der Waals surface area contributed by atoms with Crippen LogP contribution in [0.3, 0.4) is 0 Å². The van der Waals surface area contributed by atoms with Gasteiger partial charge in [-0.1, -0.05) is 28.1 Å². The molecule has 1 aliphatic heterocycles. The predicted molar refractivity (Wildman–Crippen MR) is 102 cm³/mol. The van der Waals surface area contributed by atoms with Gasteiger partial charge < -0.3 is 19.3 Å². The van der Waals surface area contributed by atoms with E-state index in [0.29, 0.717) is 0 Å². The first-order valence-corrected chi connectivity index (χ1v) is 9.59. The first-order valence-electron chi connectivity index (χ1n) is 8.80. The largest absolute Gasteiger partial charge is 0.497 e. The van der Waals surface area contributed by atoms with E-state index in [-0.39, 0.29) is 0 Å². The highest BCUT2D eigenvalue weighted by atomic mass is 79.9. The standard InChI is InChI=1S/C20H25BrN2O2/c1-24-19-7-8-20(25-2)17(13-19)15-23-11-9-22(10-12-23)14-16-3-5-18(21)6-4-16/h3-8,13H,9-12,14-15H2,1-2H3/p+2. The molecule has 1 heterocycles. The Hall–Kier alpha value is -1.56. The Morgan fingerprint density at radius 2 is 1.48 bits per heavy atom. The van der Waals surface area contributed by atoms with Gasteiger partial charge in [-0.25, -0.2) is 0 Å². The van der Waals surface area contributed by atoms with Crippen LogP contribution in [0.25, 0.3) is 0 Å². The number of hydrogen-bond acceptors (Lipinski definition) is 2. The molecule has 5 heteroatoms. The number of benzene rings is 2. The summed E-state index contributed by atoms with van der Waals surface area (Å²) in [5, 5.41) is 0. The molecule has 2 N–H and O–H groups in total. The van der Waals surface area contributed by atoms with Crippen molar-refractivity contribution in [2.75, 3.05) is 40.4 Å². The minimum Gasteiger partial charge on any atom is -0.497 e. The summed E-state index contributed by atoms with van der Waals surface area (Å²) in [5.41, 5.74) is 2.64. The van der Waals surface area contributed by atoms with Gasteiger partial charge in [-0.05, 0) is 30.3 Å². The zero-order valence-corrected chi connectivity index (χ0v) is 16.6. The molecule has 2 aromatic rings. The van der Waals surface area contributed by atoms with Crippen LogP contribution in [-0.2, 0) is 13.1 Å². The summed E-state index contributed by atoms with van der Waals surface area (Å²) >= 11 is 3.50. The highest BCUT2D eigenvalue weighted by Crippen LogP contribution is 2.23. The highest BCUT2D eigenvalue weighted by Gasteiger charge is 2.24. The van der Waals surface area contributed by atoms with Crippen molar-refractivity contribution < 1.29 is 19.3 Å². The lowest BCUT2D eigenvalue weighted by Gasteiger charge is -2.30. The Balaban J connectivity index is 1.55. The zero-order valence-electron chi connectivity index (χ0n) is 15.0. The second kappa shape index (κ2) is 8.70. The van der Waals surface area contributed by atoms with Gasteiger partial charge in [0, 0.05) is 10.0 Å². The maximum atomic E-state index is 5.52. The number of methoxy groups -OCH3 is 2. The van der Waals surface area contributed by atoms with E-state index < -0.39 is 0 Å². The van der Waals surface area contributed by atoms with Crippen molar-refractivity contribution in [3.8, 4) is 11.5 Å². The third-order valence-electron chi connectivity index (χ3n) is 4.96. The van der Waals surface area contributed by atoms with Crippen LogP contribution in [0.15, 0.2) is 46.9 Å². The molecule has 0 spiro atoms. The number of halogens is 1. The van der Waals surface area contributed by atoms with Gasteiger partial charge in [0.25, 0.3) is 0 Å². The van der Waals surface area contributed by atoms with Gasteiger partial charge in [0.15, 0.2) is 0 Å². The quantitative estimate of drug-likeness (QED) is 0.747. The van der Waals surface area contributed by atoms with Gasteiger partial charge in [0.1, 0.15) is 50.8 Å². The summed E-state index contributed by atoms with van der Waals surface area (Å²) in [6.45, 7) is 6.89. The second-order valence-electron chi connectivity index (χ2n) is 6.66. The van der Waals surface area contributed by atoms with Crippen molar-refractivity contribution in [1.29, 1.82) is 0 Å². The van der Waals surface area contributed by atoms with Crippen molar-refractivity contribution >= 4 is 15.9 Å². The summed E-state index contributed by atoms with van der Waals surface area (Å²) in [5.74, 6) is 1.85. The molecule has 1 aliphatic rings. The molecule has 0 aliphatic carbocycles. The lowest BCUT2D eigenvalue weighted by molar-refractivity contribution is -1.02. The third kappa shape index (κ3) is 4.97. The van der Waals surface area contributed by atoms with Crippen LogP contribution in [-0.4, -0.2) is 40.4 Å². The molecule has 0 atom stereocenters. The molecule has 134 valence electrons. The maximum absolute atomic E-state index is 5.52. The smallest absolute Gasteiger partial charge is 0.127 e. The van der Waals surface area contributed by atoms with E-state index in [9.17, 15) is 0 Å². The maximum Gasteiger partial charge on any atom is 0.127 e. The SMILES string of the molecule is COc1ccc(OC)c(C[NH+]2CC[NH+](Cc3ccc(Br)cc3)CC2)c1. The van der Waals surface area contributed by atoms with E-state index in [1.807, 2.05) is 12.1 Å². The lowest BCUT2D eigenvalue weighted by Crippen LogP contribution is -3.27. The molecule has 0 unspecified atom stereocenters. The Morgan fingerprint density at radius 3 is 2.08 bits per heavy atom. The fraction of sp³-hybridized carbons (Fsp3) is 0.400. The summed E-state index contributed by atoms with van der Waals surface area (Å²) < 4.78 is 12.0. The van der Waals surface area contributed by atoms with Crippen molar-refractivity contribution in [3.63, 3.8) is 0 Å². The number of nitrogens with one attached hydrogen (secondary N) is 2. The first kappa shape index (κ1) is 18.2. The highest BCUT2D eigenvalue weighted by molar-refractivity contribution is 9.10.